The molecule has 2 heterocycles. The minimum absolute atomic E-state index is 0.261. The van der Waals surface area contributed by atoms with Gasteiger partial charge in [-0.05, 0) is 50.3 Å². The highest BCUT2D eigenvalue weighted by Gasteiger charge is 2.20. The smallest absolute Gasteiger partial charge is 0.342 e. The number of hydrogen-bond acceptors (Lipinski definition) is 6. The molecule has 3 rings (SSSR count). The molecule has 0 saturated heterocycles. The maximum absolute atomic E-state index is 12.1. The molecule has 0 unspecified atom stereocenters. The predicted octanol–water partition coefficient (Wildman–Crippen LogP) is 4.13. The standard InChI is InChI=1S/C19H16O6/c1-3-22-19(21)18-12(2)24-16-8-6-14(11-15(16)18)25-17(20)9-7-13-5-4-10-23-13/h4-11H,3H2,1-2H3/b9-7+. The van der Waals surface area contributed by atoms with Crippen molar-refractivity contribution in [1.82, 2.24) is 0 Å². The van der Waals surface area contributed by atoms with Gasteiger partial charge in [0.05, 0.1) is 12.9 Å². The molecule has 0 fully saturated rings. The van der Waals surface area contributed by atoms with Crippen LogP contribution in [0.2, 0.25) is 0 Å². The molecule has 0 amide bonds. The van der Waals surface area contributed by atoms with Crippen molar-refractivity contribution < 1.29 is 27.9 Å². The molecule has 6 nitrogen and oxygen atoms in total. The summed E-state index contributed by atoms with van der Waals surface area (Å²) in [6, 6.07) is 8.26. The van der Waals surface area contributed by atoms with Crippen LogP contribution in [0.5, 0.6) is 5.75 Å². The van der Waals surface area contributed by atoms with Crippen LogP contribution >= 0.6 is 0 Å². The van der Waals surface area contributed by atoms with Crippen LogP contribution < -0.4 is 4.74 Å². The molecule has 0 N–H and O–H groups in total. The SMILES string of the molecule is CCOC(=O)c1c(C)oc2ccc(OC(=O)/C=C/c3ccco3)cc12. The molecule has 6 heteroatoms. The van der Waals surface area contributed by atoms with Crippen LogP contribution in [-0.2, 0) is 9.53 Å². The second kappa shape index (κ2) is 7.09. The molecule has 0 atom stereocenters. The minimum Gasteiger partial charge on any atom is -0.465 e. The van der Waals surface area contributed by atoms with Gasteiger partial charge in [-0.2, -0.15) is 0 Å². The van der Waals surface area contributed by atoms with Gasteiger partial charge in [-0.1, -0.05) is 0 Å². The van der Waals surface area contributed by atoms with E-state index in [0.717, 1.165) is 0 Å². The van der Waals surface area contributed by atoms with Crippen molar-refractivity contribution in [3.63, 3.8) is 0 Å². The lowest BCUT2D eigenvalue weighted by Crippen LogP contribution is -2.06. The van der Waals surface area contributed by atoms with Crippen LogP contribution in [0.4, 0.5) is 0 Å². The number of hydrogen-bond donors (Lipinski definition) is 0. The summed E-state index contributed by atoms with van der Waals surface area (Å²) in [6.07, 6.45) is 4.28. The summed E-state index contributed by atoms with van der Waals surface area (Å²) in [4.78, 5) is 24.0. The average molecular weight is 340 g/mol. The van der Waals surface area contributed by atoms with Crippen molar-refractivity contribution in [2.24, 2.45) is 0 Å². The van der Waals surface area contributed by atoms with E-state index in [-0.39, 0.29) is 6.61 Å². The Morgan fingerprint density at radius 2 is 2.08 bits per heavy atom. The largest absolute Gasteiger partial charge is 0.465 e. The van der Waals surface area contributed by atoms with E-state index in [4.69, 9.17) is 18.3 Å². The van der Waals surface area contributed by atoms with E-state index < -0.39 is 11.9 Å². The monoisotopic (exact) mass is 340 g/mol. The summed E-state index contributed by atoms with van der Waals surface area (Å²) < 4.78 is 21.0. The van der Waals surface area contributed by atoms with Crippen LogP contribution in [0.3, 0.4) is 0 Å². The first-order valence-corrected chi connectivity index (χ1v) is 7.72. The van der Waals surface area contributed by atoms with E-state index in [1.165, 1.54) is 18.4 Å². The number of carbonyl (C=O) groups is 2. The van der Waals surface area contributed by atoms with E-state index >= 15 is 0 Å². The van der Waals surface area contributed by atoms with E-state index in [1.807, 2.05) is 0 Å². The highest BCUT2D eigenvalue weighted by atomic mass is 16.5. The molecular formula is C19H16O6. The average Bonchev–Trinajstić information content (AvgIpc) is 3.19. The summed E-state index contributed by atoms with van der Waals surface area (Å²) in [7, 11) is 0. The summed E-state index contributed by atoms with van der Waals surface area (Å²) >= 11 is 0. The molecule has 0 bridgehead atoms. The lowest BCUT2D eigenvalue weighted by Gasteiger charge is -2.03. The highest BCUT2D eigenvalue weighted by molar-refractivity contribution is 6.05. The Bertz CT molecular complexity index is 930. The summed E-state index contributed by atoms with van der Waals surface area (Å²) in [5, 5.41) is 0.538. The third-order valence-electron chi connectivity index (χ3n) is 3.46. The van der Waals surface area contributed by atoms with Gasteiger partial charge in [0.15, 0.2) is 0 Å². The quantitative estimate of drug-likeness (QED) is 0.395. The van der Waals surface area contributed by atoms with Crippen molar-refractivity contribution in [3.05, 3.63) is 59.8 Å². The molecular weight excluding hydrogens is 324 g/mol. The first kappa shape index (κ1) is 16.6. The fraction of sp³-hybridized carbons (Fsp3) is 0.158. The predicted molar refractivity (Wildman–Crippen MR) is 90.3 cm³/mol. The van der Waals surface area contributed by atoms with Crippen molar-refractivity contribution in [3.8, 4) is 5.75 Å². The van der Waals surface area contributed by atoms with Crippen molar-refractivity contribution in [2.45, 2.75) is 13.8 Å². The Labute approximate surface area is 143 Å². The Kier molecular flexibility index (Phi) is 4.70. The Balaban J connectivity index is 1.84. The number of furan rings is 2. The number of aryl methyl sites for hydroxylation is 1. The van der Waals surface area contributed by atoms with Crippen LogP contribution in [0.1, 0.15) is 28.8 Å². The van der Waals surface area contributed by atoms with Crippen LogP contribution in [0.25, 0.3) is 17.0 Å². The van der Waals surface area contributed by atoms with Gasteiger partial charge in [-0.15, -0.1) is 0 Å². The maximum atomic E-state index is 12.1. The second-order valence-corrected chi connectivity index (χ2v) is 5.18. The zero-order valence-corrected chi connectivity index (χ0v) is 13.8. The molecule has 0 spiro atoms. The third-order valence-corrected chi connectivity index (χ3v) is 3.46. The zero-order chi connectivity index (χ0) is 17.8. The molecule has 3 aromatic rings. The molecule has 25 heavy (non-hydrogen) atoms. The van der Waals surface area contributed by atoms with Crippen molar-refractivity contribution in [1.29, 1.82) is 0 Å². The lowest BCUT2D eigenvalue weighted by atomic mass is 10.1. The van der Waals surface area contributed by atoms with Crippen molar-refractivity contribution in [2.75, 3.05) is 6.61 Å². The van der Waals surface area contributed by atoms with Gasteiger partial charge in [0.25, 0.3) is 0 Å². The van der Waals surface area contributed by atoms with Crippen molar-refractivity contribution >= 4 is 29.0 Å². The molecule has 0 aliphatic heterocycles. The summed E-state index contributed by atoms with van der Waals surface area (Å²) in [6.45, 7) is 3.68. The molecule has 1 aromatic carbocycles. The van der Waals surface area contributed by atoms with E-state index in [0.29, 0.717) is 33.8 Å². The van der Waals surface area contributed by atoms with Crippen LogP contribution in [0, 0.1) is 6.92 Å². The number of fused-ring (bicyclic) bond motifs is 1. The first-order chi connectivity index (χ1) is 12.1. The molecule has 128 valence electrons. The number of ether oxygens (including phenoxy) is 2. The van der Waals surface area contributed by atoms with Gasteiger partial charge < -0.3 is 18.3 Å². The van der Waals surface area contributed by atoms with Gasteiger partial charge in [0, 0.05) is 11.5 Å². The fourth-order valence-corrected chi connectivity index (χ4v) is 2.41. The van der Waals surface area contributed by atoms with Gasteiger partial charge in [0.2, 0.25) is 0 Å². The molecule has 0 aliphatic carbocycles. The first-order valence-electron chi connectivity index (χ1n) is 7.72. The number of esters is 2. The van der Waals surface area contributed by atoms with Crippen LogP contribution in [-0.4, -0.2) is 18.5 Å². The van der Waals surface area contributed by atoms with E-state index in [9.17, 15) is 9.59 Å². The van der Waals surface area contributed by atoms with Gasteiger partial charge in [-0.3, -0.25) is 0 Å². The lowest BCUT2D eigenvalue weighted by molar-refractivity contribution is -0.128. The Morgan fingerprint density at radius 1 is 1.24 bits per heavy atom. The molecule has 0 aliphatic rings. The molecule has 0 radical (unpaired) electrons. The van der Waals surface area contributed by atoms with Crippen LogP contribution in [0.15, 0.2) is 51.5 Å². The number of carbonyl (C=O) groups excluding carboxylic acids is 2. The topological polar surface area (TPSA) is 78.9 Å². The second-order valence-electron chi connectivity index (χ2n) is 5.18. The zero-order valence-electron chi connectivity index (χ0n) is 13.8. The normalized spacial score (nSPS) is 11.1. The Hall–Kier alpha value is -3.28. The maximum Gasteiger partial charge on any atom is 0.342 e. The van der Waals surface area contributed by atoms with Gasteiger partial charge >= 0.3 is 11.9 Å². The third kappa shape index (κ3) is 3.63. The summed E-state index contributed by atoms with van der Waals surface area (Å²) in [5.41, 5.74) is 0.854. The Morgan fingerprint density at radius 3 is 2.80 bits per heavy atom. The minimum atomic E-state index is -0.561. The van der Waals surface area contributed by atoms with E-state index in [2.05, 4.69) is 0 Å². The summed E-state index contributed by atoms with van der Waals surface area (Å²) in [5.74, 6) is 0.263. The van der Waals surface area contributed by atoms with Gasteiger partial charge in [-0.25, -0.2) is 9.59 Å². The molecule has 0 saturated carbocycles. The molecule has 2 aromatic heterocycles. The number of benzene rings is 1. The van der Waals surface area contributed by atoms with E-state index in [1.54, 1.807) is 44.2 Å². The highest BCUT2D eigenvalue weighted by Crippen LogP contribution is 2.29. The van der Waals surface area contributed by atoms with Gasteiger partial charge in [0.1, 0.15) is 28.4 Å². The number of rotatable bonds is 5. The fourth-order valence-electron chi connectivity index (χ4n) is 2.41.